The van der Waals surface area contributed by atoms with Crippen LogP contribution in [0.4, 0.5) is 4.39 Å². The monoisotopic (exact) mass is 364 g/mol. The first-order chi connectivity index (χ1) is 12.1. The van der Waals surface area contributed by atoms with Crippen molar-refractivity contribution in [3.05, 3.63) is 58.0 Å². The van der Waals surface area contributed by atoms with Gasteiger partial charge < -0.3 is 15.4 Å². The van der Waals surface area contributed by atoms with Crippen molar-refractivity contribution in [2.75, 3.05) is 13.2 Å². The van der Waals surface area contributed by atoms with Gasteiger partial charge in [-0.1, -0.05) is 24.3 Å². The Morgan fingerprint density at radius 3 is 2.60 bits per heavy atom. The van der Waals surface area contributed by atoms with Crippen LogP contribution >= 0.6 is 11.3 Å². The van der Waals surface area contributed by atoms with Gasteiger partial charge in [-0.05, 0) is 17.5 Å². The second-order valence-electron chi connectivity index (χ2n) is 5.01. The predicted molar refractivity (Wildman–Crippen MR) is 90.5 cm³/mol. The molecule has 0 atom stereocenters. The molecule has 2 aromatic rings. The summed E-state index contributed by atoms with van der Waals surface area (Å²) in [4.78, 5) is 35.3. The maximum absolute atomic E-state index is 13.4. The highest BCUT2D eigenvalue weighted by molar-refractivity contribution is 7.12. The number of halogens is 1. The van der Waals surface area contributed by atoms with Crippen LogP contribution in [0.2, 0.25) is 0 Å². The summed E-state index contributed by atoms with van der Waals surface area (Å²) >= 11 is 1.30. The molecule has 2 rings (SSSR count). The van der Waals surface area contributed by atoms with Gasteiger partial charge in [0.15, 0.2) is 6.61 Å². The lowest BCUT2D eigenvalue weighted by Crippen LogP contribution is -2.30. The Balaban J connectivity index is 1.60. The van der Waals surface area contributed by atoms with Gasteiger partial charge in [0, 0.05) is 18.7 Å². The average Bonchev–Trinajstić information content (AvgIpc) is 3.14. The van der Waals surface area contributed by atoms with E-state index in [0.29, 0.717) is 10.4 Å². The summed E-state index contributed by atoms with van der Waals surface area (Å²) in [5, 5.41) is 6.83. The molecular weight excluding hydrogens is 347 g/mol. The normalized spacial score (nSPS) is 10.1. The van der Waals surface area contributed by atoms with E-state index in [4.69, 9.17) is 4.74 Å². The SMILES string of the molecule is O=C(COC(=O)CCNC(=O)c1cccs1)NCc1ccccc1F. The Bertz CT molecular complexity index is 734. The summed E-state index contributed by atoms with van der Waals surface area (Å²) in [6, 6.07) is 9.50. The van der Waals surface area contributed by atoms with E-state index in [1.165, 1.54) is 17.4 Å². The Kier molecular flexibility index (Phi) is 7.09. The molecule has 0 radical (unpaired) electrons. The first kappa shape index (κ1) is 18.6. The maximum Gasteiger partial charge on any atom is 0.308 e. The molecule has 0 saturated heterocycles. The van der Waals surface area contributed by atoms with E-state index in [1.807, 2.05) is 0 Å². The molecular formula is C17H17FN2O4S. The van der Waals surface area contributed by atoms with Crippen LogP contribution in [0.25, 0.3) is 0 Å². The molecule has 25 heavy (non-hydrogen) atoms. The molecule has 0 aliphatic carbocycles. The largest absolute Gasteiger partial charge is 0.456 e. The molecule has 6 nitrogen and oxygen atoms in total. The number of thiophene rings is 1. The molecule has 0 unspecified atom stereocenters. The van der Waals surface area contributed by atoms with E-state index in [0.717, 1.165) is 0 Å². The minimum atomic E-state index is -0.604. The van der Waals surface area contributed by atoms with Gasteiger partial charge in [0.05, 0.1) is 11.3 Å². The summed E-state index contributed by atoms with van der Waals surface area (Å²) in [7, 11) is 0. The van der Waals surface area contributed by atoms with E-state index in [1.54, 1.807) is 35.7 Å². The zero-order valence-electron chi connectivity index (χ0n) is 13.3. The average molecular weight is 364 g/mol. The fraction of sp³-hybridized carbons (Fsp3) is 0.235. The number of carbonyl (C=O) groups excluding carboxylic acids is 3. The third-order valence-corrected chi connectivity index (χ3v) is 4.03. The number of esters is 1. The first-order valence-electron chi connectivity index (χ1n) is 7.53. The van der Waals surface area contributed by atoms with Crippen LogP contribution in [0.1, 0.15) is 21.7 Å². The lowest BCUT2D eigenvalue weighted by atomic mass is 10.2. The zero-order valence-corrected chi connectivity index (χ0v) is 14.1. The highest BCUT2D eigenvalue weighted by atomic mass is 32.1. The van der Waals surface area contributed by atoms with Gasteiger partial charge in [-0.15, -0.1) is 11.3 Å². The van der Waals surface area contributed by atoms with Crippen LogP contribution in [-0.2, 0) is 20.9 Å². The Hall–Kier alpha value is -2.74. The topological polar surface area (TPSA) is 84.5 Å². The number of benzene rings is 1. The quantitative estimate of drug-likeness (QED) is 0.701. The van der Waals surface area contributed by atoms with E-state index < -0.39 is 24.3 Å². The molecule has 8 heteroatoms. The first-order valence-corrected chi connectivity index (χ1v) is 8.41. The number of nitrogens with one attached hydrogen (secondary N) is 2. The minimum absolute atomic E-state index is 0.0138. The summed E-state index contributed by atoms with van der Waals surface area (Å²) in [5.41, 5.74) is 0.346. The lowest BCUT2D eigenvalue weighted by molar-refractivity contribution is -0.148. The molecule has 0 fully saturated rings. The van der Waals surface area contributed by atoms with Crippen molar-refractivity contribution in [2.24, 2.45) is 0 Å². The molecule has 0 saturated carbocycles. The van der Waals surface area contributed by atoms with Crippen molar-refractivity contribution >= 4 is 29.1 Å². The van der Waals surface area contributed by atoms with Crippen molar-refractivity contribution in [1.82, 2.24) is 10.6 Å². The van der Waals surface area contributed by atoms with Crippen LogP contribution in [0.15, 0.2) is 41.8 Å². The highest BCUT2D eigenvalue weighted by Crippen LogP contribution is 2.07. The van der Waals surface area contributed by atoms with Crippen LogP contribution < -0.4 is 10.6 Å². The minimum Gasteiger partial charge on any atom is -0.456 e. The molecule has 132 valence electrons. The number of carbonyl (C=O) groups is 3. The Morgan fingerprint density at radius 1 is 1.08 bits per heavy atom. The van der Waals surface area contributed by atoms with Crippen LogP contribution in [0.3, 0.4) is 0 Å². The summed E-state index contributed by atoms with van der Waals surface area (Å²) in [6.45, 7) is -0.321. The second kappa shape index (κ2) is 9.53. The van der Waals surface area contributed by atoms with Gasteiger partial charge in [0.25, 0.3) is 11.8 Å². The maximum atomic E-state index is 13.4. The standard InChI is InChI=1S/C17H17FN2O4S/c18-13-5-2-1-4-12(13)10-20-15(21)11-24-16(22)7-8-19-17(23)14-6-3-9-25-14/h1-6,9H,7-8,10-11H2,(H,19,23)(H,20,21). The van der Waals surface area contributed by atoms with Gasteiger partial charge in [0.1, 0.15) is 5.82 Å². The fourth-order valence-corrected chi connectivity index (χ4v) is 2.52. The highest BCUT2D eigenvalue weighted by Gasteiger charge is 2.10. The molecule has 0 aliphatic heterocycles. The summed E-state index contributed by atoms with van der Waals surface area (Å²) in [5.74, 6) is -1.81. The second-order valence-corrected chi connectivity index (χ2v) is 5.96. The Labute approximate surface area is 148 Å². The predicted octanol–water partition coefficient (Wildman–Crippen LogP) is 1.87. The molecule has 0 bridgehead atoms. The zero-order chi connectivity index (χ0) is 18.1. The third-order valence-electron chi connectivity index (χ3n) is 3.16. The van der Waals surface area contributed by atoms with E-state index in [-0.39, 0.29) is 25.4 Å². The number of ether oxygens (including phenoxy) is 1. The van der Waals surface area contributed by atoms with Crippen LogP contribution in [0.5, 0.6) is 0 Å². The number of amides is 2. The molecule has 2 amide bonds. The van der Waals surface area contributed by atoms with Crippen LogP contribution in [0, 0.1) is 5.82 Å². The number of hydrogen-bond donors (Lipinski definition) is 2. The lowest BCUT2D eigenvalue weighted by Gasteiger charge is -2.08. The number of hydrogen-bond acceptors (Lipinski definition) is 5. The molecule has 0 aliphatic rings. The molecule has 1 aromatic carbocycles. The molecule has 1 aromatic heterocycles. The van der Waals surface area contributed by atoms with E-state index in [2.05, 4.69) is 10.6 Å². The van der Waals surface area contributed by atoms with Crippen molar-refractivity contribution in [3.8, 4) is 0 Å². The summed E-state index contributed by atoms with van der Waals surface area (Å²) in [6.07, 6.45) is -0.0439. The number of rotatable bonds is 8. The van der Waals surface area contributed by atoms with E-state index >= 15 is 0 Å². The van der Waals surface area contributed by atoms with Crippen LogP contribution in [-0.4, -0.2) is 30.9 Å². The third kappa shape index (κ3) is 6.34. The van der Waals surface area contributed by atoms with Crippen molar-refractivity contribution < 1.29 is 23.5 Å². The molecule has 0 spiro atoms. The van der Waals surface area contributed by atoms with Gasteiger partial charge >= 0.3 is 5.97 Å². The van der Waals surface area contributed by atoms with Gasteiger partial charge in [-0.2, -0.15) is 0 Å². The smallest absolute Gasteiger partial charge is 0.308 e. The molecule has 2 N–H and O–H groups in total. The van der Waals surface area contributed by atoms with Gasteiger partial charge in [0.2, 0.25) is 0 Å². The Morgan fingerprint density at radius 2 is 1.88 bits per heavy atom. The van der Waals surface area contributed by atoms with Gasteiger partial charge in [-0.25, -0.2) is 4.39 Å². The molecule has 1 heterocycles. The van der Waals surface area contributed by atoms with Crippen molar-refractivity contribution in [2.45, 2.75) is 13.0 Å². The van der Waals surface area contributed by atoms with E-state index in [9.17, 15) is 18.8 Å². The van der Waals surface area contributed by atoms with Gasteiger partial charge in [-0.3, -0.25) is 14.4 Å². The summed E-state index contributed by atoms with van der Waals surface area (Å²) < 4.78 is 18.2. The van der Waals surface area contributed by atoms with Crippen molar-refractivity contribution in [1.29, 1.82) is 0 Å². The van der Waals surface area contributed by atoms with Crippen molar-refractivity contribution in [3.63, 3.8) is 0 Å². The fourth-order valence-electron chi connectivity index (χ4n) is 1.88.